The van der Waals surface area contributed by atoms with E-state index in [1.807, 2.05) is 6.07 Å². The van der Waals surface area contributed by atoms with Gasteiger partial charge < -0.3 is 4.90 Å². The van der Waals surface area contributed by atoms with E-state index < -0.39 is 21.4 Å². The Morgan fingerprint density at radius 2 is 1.97 bits per heavy atom. The van der Waals surface area contributed by atoms with E-state index in [0.717, 1.165) is 43.4 Å². The molecule has 0 spiro atoms. The highest BCUT2D eigenvalue weighted by Crippen LogP contribution is 2.63. The predicted molar refractivity (Wildman–Crippen MR) is 146 cm³/mol. The molecule has 0 radical (unpaired) electrons. The Kier molecular flexibility index (Phi) is 7.05. The lowest BCUT2D eigenvalue weighted by Gasteiger charge is -2.50. The highest BCUT2D eigenvalue weighted by atomic mass is 32.2. The Bertz CT molecular complexity index is 1420. The number of sulfone groups is 1. The molecule has 1 heterocycles. The molecule has 1 fully saturated rings. The third kappa shape index (κ3) is 4.95. The maximum absolute atomic E-state index is 13.9. The molecule has 38 heavy (non-hydrogen) atoms. The standard InChI is InChI=1S/C30H35FN2O4S/c1-19(34)18-38(36,37)13-11-29(35)33(3)23-5-7-24-20(15-23)4-6-26-25(24)10-12-30(2)27(8-9-28(26)30)21-14-22(31)17-32-16-21/h5,7-8,14-17,25-26,28H,4,6,9-13,18H2,1-3H3/t25-,26-,28+,30-/m1/s1. The number of allylic oxidation sites excluding steroid dienone is 2. The van der Waals surface area contributed by atoms with E-state index in [-0.39, 0.29) is 29.3 Å². The van der Waals surface area contributed by atoms with Crippen molar-refractivity contribution < 1.29 is 22.4 Å². The van der Waals surface area contributed by atoms with Crippen molar-refractivity contribution in [1.29, 1.82) is 0 Å². The van der Waals surface area contributed by atoms with Crippen molar-refractivity contribution in [2.45, 2.75) is 58.3 Å². The predicted octanol–water partition coefficient (Wildman–Crippen LogP) is 5.13. The van der Waals surface area contributed by atoms with Gasteiger partial charge >= 0.3 is 0 Å². The monoisotopic (exact) mass is 538 g/mol. The average molecular weight is 539 g/mol. The molecular formula is C30H35FN2O4S. The lowest BCUT2D eigenvalue weighted by molar-refractivity contribution is -0.118. The molecule has 0 N–H and O–H groups in total. The largest absolute Gasteiger partial charge is 0.315 e. The van der Waals surface area contributed by atoms with Crippen molar-refractivity contribution in [3.63, 3.8) is 0 Å². The molecule has 6 nitrogen and oxygen atoms in total. The number of carbonyl (C=O) groups is 2. The number of ketones is 1. The van der Waals surface area contributed by atoms with Crippen LogP contribution in [0.25, 0.3) is 5.57 Å². The van der Waals surface area contributed by atoms with E-state index in [2.05, 4.69) is 30.1 Å². The summed E-state index contributed by atoms with van der Waals surface area (Å²) in [5.74, 6) is -0.335. The van der Waals surface area contributed by atoms with Gasteiger partial charge in [0.1, 0.15) is 17.4 Å². The molecule has 1 amide bonds. The molecular weight excluding hydrogens is 503 g/mol. The zero-order valence-corrected chi connectivity index (χ0v) is 23.1. The van der Waals surface area contributed by atoms with Gasteiger partial charge in [-0.3, -0.25) is 14.6 Å². The van der Waals surface area contributed by atoms with E-state index >= 15 is 0 Å². The summed E-state index contributed by atoms with van der Waals surface area (Å²) in [7, 11) is -1.91. The zero-order valence-electron chi connectivity index (χ0n) is 22.2. The summed E-state index contributed by atoms with van der Waals surface area (Å²) >= 11 is 0. The lowest BCUT2D eigenvalue weighted by Crippen LogP contribution is -2.41. The summed E-state index contributed by atoms with van der Waals surface area (Å²) in [6.45, 7) is 3.58. The molecule has 3 aliphatic carbocycles. The van der Waals surface area contributed by atoms with Crippen LogP contribution in [0.3, 0.4) is 0 Å². The minimum Gasteiger partial charge on any atom is -0.315 e. The second-order valence-electron chi connectivity index (χ2n) is 11.5. The highest BCUT2D eigenvalue weighted by molar-refractivity contribution is 7.92. The third-order valence-corrected chi connectivity index (χ3v) is 10.8. The van der Waals surface area contributed by atoms with Crippen LogP contribution in [-0.4, -0.2) is 43.6 Å². The Morgan fingerprint density at radius 1 is 1.18 bits per heavy atom. The molecule has 8 heteroatoms. The number of aromatic nitrogens is 1. The van der Waals surface area contributed by atoms with Gasteiger partial charge in [0.2, 0.25) is 5.91 Å². The van der Waals surface area contributed by atoms with Gasteiger partial charge in [0.05, 0.1) is 11.9 Å². The fourth-order valence-corrected chi connectivity index (χ4v) is 8.54. The first-order valence-corrected chi connectivity index (χ1v) is 15.2. The topological polar surface area (TPSA) is 84.4 Å². The van der Waals surface area contributed by atoms with Crippen molar-refractivity contribution in [2.75, 3.05) is 23.5 Å². The minimum absolute atomic E-state index is 0.0173. The minimum atomic E-state index is -3.58. The van der Waals surface area contributed by atoms with Crippen LogP contribution in [-0.2, 0) is 25.8 Å². The molecule has 4 atom stereocenters. The second kappa shape index (κ2) is 10.0. The number of hydrogen-bond acceptors (Lipinski definition) is 5. The van der Waals surface area contributed by atoms with Crippen molar-refractivity contribution in [2.24, 2.45) is 17.3 Å². The second-order valence-corrected chi connectivity index (χ2v) is 13.7. The number of fused-ring (bicyclic) bond motifs is 5. The number of pyridine rings is 1. The number of halogens is 1. The number of benzene rings is 1. The summed E-state index contributed by atoms with van der Waals surface area (Å²) in [5, 5.41) is 0. The van der Waals surface area contributed by atoms with Gasteiger partial charge in [0.15, 0.2) is 9.84 Å². The van der Waals surface area contributed by atoms with Crippen LogP contribution < -0.4 is 4.90 Å². The summed E-state index contributed by atoms with van der Waals surface area (Å²) in [6, 6.07) is 7.80. The highest BCUT2D eigenvalue weighted by Gasteiger charge is 2.52. The van der Waals surface area contributed by atoms with Crippen LogP contribution in [0.4, 0.5) is 10.1 Å². The lowest BCUT2D eigenvalue weighted by atomic mass is 9.54. The van der Waals surface area contributed by atoms with E-state index in [9.17, 15) is 22.4 Å². The molecule has 0 aliphatic heterocycles. The van der Waals surface area contributed by atoms with Gasteiger partial charge in [-0.05, 0) is 103 Å². The number of carbonyl (C=O) groups excluding carboxylic acids is 2. The van der Waals surface area contributed by atoms with Crippen molar-refractivity contribution in [3.8, 4) is 0 Å². The van der Waals surface area contributed by atoms with Crippen LogP contribution >= 0.6 is 0 Å². The van der Waals surface area contributed by atoms with Gasteiger partial charge in [-0.2, -0.15) is 0 Å². The first-order valence-electron chi connectivity index (χ1n) is 13.4. The summed E-state index contributed by atoms with van der Waals surface area (Å²) in [6.07, 6.45) is 10.3. The SMILES string of the molecule is CC(=O)CS(=O)(=O)CCC(=O)N(C)c1ccc2c(c1)CC[C@@H]1[C@@H]2CC[C@]2(C)C(c3cncc(F)c3)=CC[C@@H]12. The van der Waals surface area contributed by atoms with Gasteiger partial charge in [-0.1, -0.05) is 19.1 Å². The van der Waals surface area contributed by atoms with Crippen molar-refractivity contribution in [1.82, 2.24) is 4.98 Å². The van der Waals surface area contributed by atoms with Crippen LogP contribution in [0, 0.1) is 23.1 Å². The number of hydrogen-bond donors (Lipinski definition) is 0. The molecule has 1 aromatic carbocycles. The molecule has 2 aromatic rings. The summed E-state index contributed by atoms with van der Waals surface area (Å²) < 4.78 is 38.0. The van der Waals surface area contributed by atoms with E-state index in [4.69, 9.17) is 0 Å². The number of Topliss-reactive ketones (excluding diaryl/α,β-unsaturated/α-hetero) is 1. The fourth-order valence-electron chi connectivity index (χ4n) is 7.29. The van der Waals surface area contributed by atoms with E-state index in [0.29, 0.717) is 17.8 Å². The zero-order chi connectivity index (χ0) is 27.2. The van der Waals surface area contributed by atoms with Crippen molar-refractivity contribution >= 4 is 32.8 Å². The summed E-state index contributed by atoms with van der Waals surface area (Å²) in [4.78, 5) is 29.5. The third-order valence-electron chi connectivity index (χ3n) is 9.12. The maximum atomic E-state index is 13.9. The molecule has 1 aromatic heterocycles. The van der Waals surface area contributed by atoms with Crippen molar-refractivity contribution in [3.05, 3.63) is 65.2 Å². The Hall–Kier alpha value is -2.87. The quantitative estimate of drug-likeness (QED) is 0.488. The summed E-state index contributed by atoms with van der Waals surface area (Å²) in [5.41, 5.74) is 5.54. The van der Waals surface area contributed by atoms with Crippen LogP contribution in [0.1, 0.15) is 68.6 Å². The molecule has 1 saturated carbocycles. The normalized spacial score (nSPS) is 26.1. The Balaban J connectivity index is 1.30. The number of amides is 1. The smallest absolute Gasteiger partial charge is 0.227 e. The number of nitrogens with zero attached hydrogens (tertiary/aromatic N) is 2. The van der Waals surface area contributed by atoms with Crippen LogP contribution in [0.2, 0.25) is 0 Å². The first-order chi connectivity index (χ1) is 18.0. The molecule has 0 saturated heterocycles. The first kappa shape index (κ1) is 26.7. The van der Waals surface area contributed by atoms with Gasteiger partial charge in [0, 0.05) is 25.4 Å². The van der Waals surface area contributed by atoms with Crippen LogP contribution in [0.5, 0.6) is 0 Å². The molecule has 0 bridgehead atoms. The number of rotatable bonds is 7. The van der Waals surface area contributed by atoms with E-state index in [1.165, 1.54) is 34.7 Å². The van der Waals surface area contributed by atoms with Gasteiger partial charge in [-0.15, -0.1) is 0 Å². The maximum Gasteiger partial charge on any atom is 0.227 e. The Labute approximate surface area is 224 Å². The number of aryl methyl sites for hydroxylation is 1. The average Bonchev–Trinajstić information content (AvgIpc) is 3.23. The molecule has 5 rings (SSSR count). The Morgan fingerprint density at radius 3 is 2.71 bits per heavy atom. The van der Waals surface area contributed by atoms with Gasteiger partial charge in [-0.25, -0.2) is 12.8 Å². The van der Waals surface area contributed by atoms with E-state index in [1.54, 1.807) is 19.3 Å². The fraction of sp³-hybridized carbons (Fsp3) is 0.500. The number of anilines is 1. The molecule has 0 unspecified atom stereocenters. The molecule has 3 aliphatic rings. The van der Waals surface area contributed by atoms with Crippen LogP contribution in [0.15, 0.2) is 42.7 Å². The molecule has 202 valence electrons. The van der Waals surface area contributed by atoms with Gasteiger partial charge in [0.25, 0.3) is 0 Å².